The van der Waals surface area contributed by atoms with Crippen LogP contribution in [0.1, 0.15) is 32.5 Å². The Balaban J connectivity index is 2.08. The fourth-order valence-electron chi connectivity index (χ4n) is 2.61. The number of nitrogens with zero attached hydrogens (tertiary/aromatic N) is 3. The van der Waals surface area contributed by atoms with Crippen LogP contribution >= 0.6 is 0 Å². The lowest BCUT2D eigenvalue weighted by molar-refractivity contribution is -0.127. The second-order valence-corrected chi connectivity index (χ2v) is 5.47. The minimum atomic E-state index is -0.0980. The molecule has 20 heavy (non-hydrogen) atoms. The summed E-state index contributed by atoms with van der Waals surface area (Å²) in [4.78, 5) is 18.6. The number of likely N-dealkylation sites (N-methyl/N-ethyl adjacent to an activating group) is 1. The van der Waals surface area contributed by atoms with E-state index in [0.717, 1.165) is 25.3 Å². The molecule has 0 aliphatic carbocycles. The Labute approximate surface area is 120 Å². The van der Waals surface area contributed by atoms with Crippen molar-refractivity contribution in [2.75, 3.05) is 26.2 Å². The number of aromatic nitrogens is 2. The molecule has 0 aromatic carbocycles. The van der Waals surface area contributed by atoms with E-state index in [-0.39, 0.29) is 11.9 Å². The summed E-state index contributed by atoms with van der Waals surface area (Å²) in [5.41, 5.74) is 1.16. The molecule has 1 aromatic rings. The van der Waals surface area contributed by atoms with E-state index in [1.165, 1.54) is 0 Å². The largest absolute Gasteiger partial charge is 0.355 e. The Bertz CT molecular complexity index is 443. The molecule has 1 unspecified atom stereocenters. The van der Waals surface area contributed by atoms with Gasteiger partial charge in [-0.25, -0.2) is 4.98 Å². The third-order valence-electron chi connectivity index (χ3n) is 3.68. The SMILES string of the molecule is CCNC(=O)C1CNCCN1Cc1cncn1C(C)C. The van der Waals surface area contributed by atoms with Gasteiger partial charge >= 0.3 is 0 Å². The van der Waals surface area contributed by atoms with Crippen LogP contribution in [0.15, 0.2) is 12.5 Å². The van der Waals surface area contributed by atoms with E-state index in [2.05, 4.69) is 38.9 Å². The highest BCUT2D eigenvalue weighted by molar-refractivity contribution is 5.82. The molecule has 6 heteroatoms. The monoisotopic (exact) mass is 279 g/mol. The summed E-state index contributed by atoms with van der Waals surface area (Å²) >= 11 is 0. The van der Waals surface area contributed by atoms with Gasteiger partial charge in [0.25, 0.3) is 0 Å². The fourth-order valence-corrected chi connectivity index (χ4v) is 2.61. The lowest BCUT2D eigenvalue weighted by Crippen LogP contribution is -2.57. The van der Waals surface area contributed by atoms with Crippen LogP contribution in [0, 0.1) is 0 Å². The molecule has 0 saturated carbocycles. The molecule has 1 aliphatic heterocycles. The molecular weight excluding hydrogens is 254 g/mol. The third-order valence-corrected chi connectivity index (χ3v) is 3.68. The highest BCUT2D eigenvalue weighted by Gasteiger charge is 2.28. The van der Waals surface area contributed by atoms with Crippen molar-refractivity contribution < 1.29 is 4.79 Å². The molecule has 0 bridgehead atoms. The van der Waals surface area contributed by atoms with Crippen molar-refractivity contribution in [3.63, 3.8) is 0 Å². The van der Waals surface area contributed by atoms with Crippen molar-refractivity contribution in [2.45, 2.75) is 39.4 Å². The quantitative estimate of drug-likeness (QED) is 0.818. The van der Waals surface area contributed by atoms with E-state index in [1.54, 1.807) is 0 Å². The zero-order valence-electron chi connectivity index (χ0n) is 12.6. The highest BCUT2D eigenvalue weighted by atomic mass is 16.2. The molecular formula is C14H25N5O. The molecule has 1 fully saturated rings. The van der Waals surface area contributed by atoms with Gasteiger partial charge in [-0.15, -0.1) is 0 Å². The smallest absolute Gasteiger partial charge is 0.238 e. The van der Waals surface area contributed by atoms with Crippen molar-refractivity contribution >= 4 is 5.91 Å². The minimum absolute atomic E-state index is 0.0980. The number of hydrogen-bond acceptors (Lipinski definition) is 4. The number of hydrogen-bond donors (Lipinski definition) is 2. The first-order chi connectivity index (χ1) is 9.63. The number of amides is 1. The summed E-state index contributed by atoms with van der Waals surface area (Å²) in [5.74, 6) is 0.107. The Morgan fingerprint density at radius 3 is 3.10 bits per heavy atom. The Morgan fingerprint density at radius 1 is 1.60 bits per heavy atom. The van der Waals surface area contributed by atoms with Gasteiger partial charge in [0.15, 0.2) is 0 Å². The van der Waals surface area contributed by atoms with Crippen molar-refractivity contribution in [2.24, 2.45) is 0 Å². The molecule has 1 atom stereocenters. The lowest BCUT2D eigenvalue weighted by Gasteiger charge is -2.35. The van der Waals surface area contributed by atoms with Gasteiger partial charge in [0.2, 0.25) is 5.91 Å². The van der Waals surface area contributed by atoms with E-state index in [1.807, 2.05) is 19.4 Å². The Hall–Kier alpha value is -1.40. The molecule has 2 heterocycles. The average molecular weight is 279 g/mol. The van der Waals surface area contributed by atoms with Gasteiger partial charge < -0.3 is 15.2 Å². The Kier molecular flexibility index (Phi) is 5.14. The first-order valence-electron chi connectivity index (χ1n) is 7.36. The summed E-state index contributed by atoms with van der Waals surface area (Å²) in [7, 11) is 0. The van der Waals surface area contributed by atoms with Gasteiger partial charge in [0.1, 0.15) is 6.04 Å². The van der Waals surface area contributed by atoms with E-state index in [0.29, 0.717) is 19.1 Å². The van der Waals surface area contributed by atoms with Crippen LogP contribution in [0.25, 0.3) is 0 Å². The molecule has 1 aromatic heterocycles. The lowest BCUT2D eigenvalue weighted by atomic mass is 10.1. The number of nitrogens with one attached hydrogen (secondary N) is 2. The van der Waals surface area contributed by atoms with Crippen LogP contribution in [0.2, 0.25) is 0 Å². The van der Waals surface area contributed by atoms with Crippen molar-refractivity contribution in [3.8, 4) is 0 Å². The molecule has 0 spiro atoms. The molecule has 112 valence electrons. The Morgan fingerprint density at radius 2 is 2.40 bits per heavy atom. The summed E-state index contributed by atoms with van der Waals surface area (Å²) in [6.07, 6.45) is 3.76. The third kappa shape index (κ3) is 3.37. The zero-order valence-corrected chi connectivity index (χ0v) is 12.6. The second-order valence-electron chi connectivity index (χ2n) is 5.47. The van der Waals surface area contributed by atoms with Crippen LogP contribution < -0.4 is 10.6 Å². The van der Waals surface area contributed by atoms with Gasteiger partial charge in [-0.3, -0.25) is 9.69 Å². The summed E-state index contributed by atoms with van der Waals surface area (Å²) < 4.78 is 2.16. The van der Waals surface area contributed by atoms with Gasteiger partial charge in [0, 0.05) is 45.0 Å². The highest BCUT2D eigenvalue weighted by Crippen LogP contribution is 2.14. The van der Waals surface area contributed by atoms with Crippen LogP contribution in [0.3, 0.4) is 0 Å². The summed E-state index contributed by atoms with van der Waals surface area (Å²) in [6.45, 7) is 10.2. The maximum Gasteiger partial charge on any atom is 0.238 e. The number of rotatable bonds is 5. The van der Waals surface area contributed by atoms with E-state index in [4.69, 9.17) is 0 Å². The van der Waals surface area contributed by atoms with Crippen molar-refractivity contribution in [3.05, 3.63) is 18.2 Å². The average Bonchev–Trinajstić information content (AvgIpc) is 2.88. The minimum Gasteiger partial charge on any atom is -0.355 e. The molecule has 1 saturated heterocycles. The first-order valence-corrected chi connectivity index (χ1v) is 7.36. The van der Waals surface area contributed by atoms with Crippen LogP contribution in [0.5, 0.6) is 0 Å². The summed E-state index contributed by atoms with van der Waals surface area (Å²) in [6, 6.07) is 0.289. The molecule has 1 amide bonds. The van der Waals surface area contributed by atoms with Crippen LogP contribution in [-0.4, -0.2) is 52.6 Å². The zero-order chi connectivity index (χ0) is 14.5. The van der Waals surface area contributed by atoms with Gasteiger partial charge in [-0.2, -0.15) is 0 Å². The van der Waals surface area contributed by atoms with E-state index in [9.17, 15) is 4.79 Å². The number of imidazole rings is 1. The molecule has 2 N–H and O–H groups in total. The maximum atomic E-state index is 12.1. The molecule has 0 radical (unpaired) electrons. The normalized spacial score (nSPS) is 20.3. The van der Waals surface area contributed by atoms with Crippen LogP contribution in [-0.2, 0) is 11.3 Å². The van der Waals surface area contributed by atoms with Gasteiger partial charge in [-0.05, 0) is 20.8 Å². The number of piperazine rings is 1. The molecule has 2 rings (SSSR count). The van der Waals surface area contributed by atoms with E-state index >= 15 is 0 Å². The summed E-state index contributed by atoms with van der Waals surface area (Å²) in [5, 5.41) is 6.22. The fraction of sp³-hybridized carbons (Fsp3) is 0.714. The first kappa shape index (κ1) is 15.0. The van der Waals surface area contributed by atoms with E-state index < -0.39 is 0 Å². The number of carbonyl (C=O) groups excluding carboxylic acids is 1. The van der Waals surface area contributed by atoms with Crippen molar-refractivity contribution in [1.29, 1.82) is 0 Å². The van der Waals surface area contributed by atoms with Gasteiger partial charge in [-0.1, -0.05) is 0 Å². The second kappa shape index (κ2) is 6.85. The van der Waals surface area contributed by atoms with Gasteiger partial charge in [0.05, 0.1) is 12.0 Å². The predicted octanol–water partition coefficient (Wildman–Crippen LogP) is 0.374. The standard InChI is InChI=1S/C14H25N5O/c1-4-17-14(20)13-8-15-5-6-18(13)9-12-7-16-10-19(12)11(2)3/h7,10-11,13,15H,4-6,8-9H2,1-3H3,(H,17,20). The van der Waals surface area contributed by atoms with Crippen LogP contribution in [0.4, 0.5) is 0 Å². The number of carbonyl (C=O) groups is 1. The molecule has 1 aliphatic rings. The van der Waals surface area contributed by atoms with Crippen molar-refractivity contribution in [1.82, 2.24) is 25.1 Å². The maximum absolute atomic E-state index is 12.1. The topological polar surface area (TPSA) is 62.2 Å². The predicted molar refractivity (Wildman–Crippen MR) is 78.4 cm³/mol. The molecule has 6 nitrogen and oxygen atoms in total.